The summed E-state index contributed by atoms with van der Waals surface area (Å²) in [7, 11) is 0. The zero-order chi connectivity index (χ0) is 17.4. The van der Waals surface area contributed by atoms with Gasteiger partial charge in [0.2, 0.25) is 5.91 Å². The van der Waals surface area contributed by atoms with Crippen molar-refractivity contribution < 1.29 is 22.8 Å². The number of hydrogen-bond acceptors (Lipinski definition) is 5. The van der Waals surface area contributed by atoms with Crippen LogP contribution in [0.25, 0.3) is 0 Å². The van der Waals surface area contributed by atoms with Gasteiger partial charge in [-0.25, -0.2) is 4.98 Å². The van der Waals surface area contributed by atoms with Gasteiger partial charge >= 0.3 is 6.18 Å². The Kier molecular flexibility index (Phi) is 4.27. The minimum Gasteiger partial charge on any atom is -0.357 e. The van der Waals surface area contributed by atoms with E-state index in [1.165, 1.54) is 0 Å². The van der Waals surface area contributed by atoms with Crippen LogP contribution in [0.15, 0.2) is 12.1 Å². The van der Waals surface area contributed by atoms with E-state index in [-0.39, 0.29) is 23.8 Å². The van der Waals surface area contributed by atoms with Gasteiger partial charge in [-0.15, -0.1) is 0 Å². The van der Waals surface area contributed by atoms with Crippen molar-refractivity contribution in [2.45, 2.75) is 38.5 Å². The van der Waals surface area contributed by atoms with E-state index >= 15 is 0 Å². The summed E-state index contributed by atoms with van der Waals surface area (Å²) in [4.78, 5) is 28.4. The summed E-state index contributed by atoms with van der Waals surface area (Å²) >= 11 is 0. The number of aromatic nitrogens is 1. The molecule has 122 valence electrons. The van der Waals surface area contributed by atoms with E-state index in [0.717, 1.165) is 11.0 Å². The molecule has 0 spiro atoms. The molecule has 1 saturated heterocycles. The number of carbonyl (C=O) groups excluding carboxylic acids is 2. The number of imide groups is 1. The highest BCUT2D eigenvalue weighted by Crippen LogP contribution is 2.30. The predicted molar refractivity (Wildman–Crippen MR) is 73.0 cm³/mol. The molecule has 1 fully saturated rings. The molecule has 23 heavy (non-hydrogen) atoms. The molecular weight excluding hydrogens is 313 g/mol. The van der Waals surface area contributed by atoms with Gasteiger partial charge in [-0.2, -0.15) is 18.4 Å². The molecule has 0 bridgehead atoms. The van der Waals surface area contributed by atoms with Gasteiger partial charge in [-0.1, -0.05) is 0 Å². The Hall–Kier alpha value is -2.63. The number of alkyl halides is 3. The Morgan fingerprint density at radius 2 is 2.04 bits per heavy atom. The highest BCUT2D eigenvalue weighted by atomic mass is 19.4. The molecule has 2 amide bonds. The second kappa shape index (κ2) is 5.87. The fraction of sp³-hybridized carbons (Fsp3) is 0.429. The Morgan fingerprint density at radius 1 is 1.39 bits per heavy atom. The first-order chi connectivity index (χ1) is 10.6. The van der Waals surface area contributed by atoms with Crippen molar-refractivity contribution in [3.05, 3.63) is 23.4 Å². The van der Waals surface area contributed by atoms with E-state index in [2.05, 4.69) is 10.3 Å². The van der Waals surface area contributed by atoms with Crippen LogP contribution in [-0.2, 0) is 15.8 Å². The largest absolute Gasteiger partial charge is 0.433 e. The predicted octanol–water partition coefficient (Wildman–Crippen LogP) is 1.92. The summed E-state index contributed by atoms with van der Waals surface area (Å²) in [6.45, 7) is 3.31. The van der Waals surface area contributed by atoms with Crippen LogP contribution in [0, 0.1) is 11.3 Å². The maximum absolute atomic E-state index is 12.7. The lowest BCUT2D eigenvalue weighted by atomic mass is 10.2. The molecule has 2 rings (SSSR count). The highest BCUT2D eigenvalue weighted by Gasteiger charge is 2.41. The molecule has 1 N–H and O–H groups in total. The molecule has 1 atom stereocenters. The molecule has 0 aliphatic carbocycles. The summed E-state index contributed by atoms with van der Waals surface area (Å²) in [5.74, 6) is -1.33. The summed E-state index contributed by atoms with van der Waals surface area (Å²) in [6, 6.07) is 1.97. The van der Waals surface area contributed by atoms with Crippen LogP contribution >= 0.6 is 0 Å². The second-order valence-corrected chi connectivity index (χ2v) is 5.30. The van der Waals surface area contributed by atoms with Gasteiger partial charge in [0, 0.05) is 6.04 Å². The average molecular weight is 326 g/mol. The summed E-state index contributed by atoms with van der Waals surface area (Å²) in [6.07, 6.45) is -4.87. The molecule has 0 unspecified atom stereocenters. The van der Waals surface area contributed by atoms with Gasteiger partial charge in [0.15, 0.2) is 0 Å². The van der Waals surface area contributed by atoms with Crippen LogP contribution in [0.2, 0.25) is 0 Å². The summed E-state index contributed by atoms with van der Waals surface area (Å²) in [5, 5.41) is 11.5. The van der Waals surface area contributed by atoms with Crippen molar-refractivity contribution >= 4 is 17.6 Å². The molecule has 6 nitrogen and oxygen atoms in total. The number of pyridine rings is 1. The number of hydrogen-bond donors (Lipinski definition) is 1. The van der Waals surface area contributed by atoms with Crippen molar-refractivity contribution in [3.8, 4) is 6.07 Å². The number of nitriles is 1. The zero-order valence-electron chi connectivity index (χ0n) is 12.3. The maximum atomic E-state index is 12.7. The van der Waals surface area contributed by atoms with Crippen LogP contribution in [-0.4, -0.2) is 33.8 Å². The molecule has 1 aromatic heterocycles. The molecule has 0 aromatic carbocycles. The first kappa shape index (κ1) is 16.7. The number of rotatable bonds is 3. The summed E-state index contributed by atoms with van der Waals surface area (Å²) in [5.41, 5.74) is -1.32. The topological polar surface area (TPSA) is 86.1 Å². The van der Waals surface area contributed by atoms with E-state index in [1.807, 2.05) is 0 Å². The third-order valence-corrected chi connectivity index (χ3v) is 3.32. The molecule has 9 heteroatoms. The first-order valence-electron chi connectivity index (χ1n) is 6.76. The molecule has 1 aliphatic rings. The van der Waals surface area contributed by atoms with E-state index in [9.17, 15) is 22.8 Å². The van der Waals surface area contributed by atoms with E-state index < -0.39 is 29.7 Å². The number of amides is 2. The van der Waals surface area contributed by atoms with Gasteiger partial charge in [0.05, 0.1) is 12.0 Å². The molecular formula is C14H13F3N4O2. The lowest BCUT2D eigenvalue weighted by Gasteiger charge is -2.19. The fourth-order valence-electron chi connectivity index (χ4n) is 2.29. The van der Waals surface area contributed by atoms with E-state index in [0.29, 0.717) is 6.07 Å². The number of nitrogens with zero attached hydrogens (tertiary/aromatic N) is 3. The van der Waals surface area contributed by atoms with Crippen LogP contribution in [0.5, 0.6) is 0 Å². The molecule has 0 saturated carbocycles. The van der Waals surface area contributed by atoms with Crippen LogP contribution in [0.1, 0.15) is 31.5 Å². The van der Waals surface area contributed by atoms with Crippen molar-refractivity contribution in [1.29, 1.82) is 5.26 Å². The van der Waals surface area contributed by atoms with E-state index in [4.69, 9.17) is 5.26 Å². The van der Waals surface area contributed by atoms with Crippen LogP contribution in [0.4, 0.5) is 19.0 Å². The molecule has 1 aliphatic heterocycles. The van der Waals surface area contributed by atoms with E-state index in [1.54, 1.807) is 19.9 Å². The third kappa shape index (κ3) is 3.26. The smallest absolute Gasteiger partial charge is 0.357 e. The lowest BCUT2D eigenvalue weighted by Crippen LogP contribution is -2.39. The first-order valence-corrected chi connectivity index (χ1v) is 6.76. The number of halogens is 3. The minimum absolute atomic E-state index is 0.138. The maximum Gasteiger partial charge on any atom is 0.433 e. The number of carbonyl (C=O) groups is 2. The standard InChI is InChI=1S/C14H13F3N4O2/c1-7(2)21-11(22)5-9(13(21)23)19-12-8(6-18)3-4-10(20-12)14(15,16)17/h3-4,7,9H,5H2,1-2H3,(H,19,20)/t9-/m0/s1. The quantitative estimate of drug-likeness (QED) is 0.858. The van der Waals surface area contributed by atoms with Crippen molar-refractivity contribution in [2.24, 2.45) is 0 Å². The van der Waals surface area contributed by atoms with Crippen LogP contribution < -0.4 is 5.32 Å². The van der Waals surface area contributed by atoms with Gasteiger partial charge in [0.25, 0.3) is 5.91 Å². The number of anilines is 1. The van der Waals surface area contributed by atoms with Crippen molar-refractivity contribution in [2.75, 3.05) is 5.32 Å². The minimum atomic E-state index is -4.68. The van der Waals surface area contributed by atoms with Gasteiger partial charge in [-0.05, 0) is 26.0 Å². The van der Waals surface area contributed by atoms with Gasteiger partial charge in [-0.3, -0.25) is 14.5 Å². The number of likely N-dealkylation sites (tertiary alicyclic amines) is 1. The average Bonchev–Trinajstić information content (AvgIpc) is 2.72. The third-order valence-electron chi connectivity index (χ3n) is 3.32. The second-order valence-electron chi connectivity index (χ2n) is 5.30. The Bertz CT molecular complexity index is 694. The molecule has 0 radical (unpaired) electrons. The Morgan fingerprint density at radius 3 is 2.52 bits per heavy atom. The van der Waals surface area contributed by atoms with Gasteiger partial charge in [0.1, 0.15) is 23.6 Å². The lowest BCUT2D eigenvalue weighted by molar-refractivity contribution is -0.141. The van der Waals surface area contributed by atoms with Crippen LogP contribution in [0.3, 0.4) is 0 Å². The SMILES string of the molecule is CC(C)N1C(=O)C[C@H](Nc2nc(C(F)(F)F)ccc2C#N)C1=O. The van der Waals surface area contributed by atoms with Gasteiger partial charge < -0.3 is 5.32 Å². The Labute approximate surface area is 129 Å². The fourth-order valence-corrected chi connectivity index (χ4v) is 2.29. The molecule has 2 heterocycles. The normalized spacial score (nSPS) is 18.5. The van der Waals surface area contributed by atoms with Crippen molar-refractivity contribution in [1.82, 2.24) is 9.88 Å². The highest BCUT2D eigenvalue weighted by molar-refractivity contribution is 6.07. The Balaban J connectivity index is 2.32. The molecule has 1 aromatic rings. The summed E-state index contributed by atoms with van der Waals surface area (Å²) < 4.78 is 38.2. The van der Waals surface area contributed by atoms with Crippen molar-refractivity contribution in [3.63, 3.8) is 0 Å². The number of nitrogens with one attached hydrogen (secondary N) is 1. The monoisotopic (exact) mass is 326 g/mol. The zero-order valence-corrected chi connectivity index (χ0v) is 12.3.